The SMILES string of the molecule is C=NN(C1=C(C)CCC1(C)C)[C@H]1CCC[C@H](c2cccc(-n3ncc(C(=O)O)c3C3CC3c3cn(C)nn3)c2)C1. The van der Waals surface area contributed by atoms with Gasteiger partial charge in [0.15, 0.2) is 0 Å². The Morgan fingerprint density at radius 1 is 1.23 bits per heavy atom. The van der Waals surface area contributed by atoms with Crippen molar-refractivity contribution >= 4 is 12.7 Å². The van der Waals surface area contributed by atoms with Gasteiger partial charge in [-0.25, -0.2) is 9.48 Å². The molecule has 3 aliphatic carbocycles. The van der Waals surface area contributed by atoms with Crippen molar-refractivity contribution < 1.29 is 9.90 Å². The molecule has 40 heavy (non-hydrogen) atoms. The van der Waals surface area contributed by atoms with Crippen LogP contribution in [-0.2, 0) is 7.05 Å². The van der Waals surface area contributed by atoms with Gasteiger partial charge in [-0.15, -0.1) is 5.10 Å². The Labute approximate surface area is 235 Å². The van der Waals surface area contributed by atoms with Crippen LogP contribution in [0.15, 0.2) is 53.0 Å². The molecule has 210 valence electrons. The van der Waals surface area contributed by atoms with Crippen LogP contribution < -0.4 is 0 Å². The largest absolute Gasteiger partial charge is 0.478 e. The molecular formula is C31H39N7O2. The first-order valence-electron chi connectivity index (χ1n) is 14.4. The Hall–Kier alpha value is -3.75. The van der Waals surface area contributed by atoms with Crippen LogP contribution >= 0.6 is 0 Å². The van der Waals surface area contributed by atoms with Crippen molar-refractivity contribution in [3.63, 3.8) is 0 Å². The number of aromatic carboxylic acids is 1. The first kappa shape index (κ1) is 26.5. The van der Waals surface area contributed by atoms with E-state index in [0.717, 1.165) is 62.0 Å². The average Bonchev–Trinajstić information content (AvgIpc) is 3.24. The highest BCUT2D eigenvalue weighted by Crippen LogP contribution is 2.55. The van der Waals surface area contributed by atoms with Gasteiger partial charge >= 0.3 is 5.97 Å². The Morgan fingerprint density at radius 2 is 2.05 bits per heavy atom. The lowest BCUT2D eigenvalue weighted by Gasteiger charge is -2.40. The fourth-order valence-electron chi connectivity index (χ4n) is 7.23. The first-order valence-corrected chi connectivity index (χ1v) is 14.4. The number of benzene rings is 1. The lowest BCUT2D eigenvalue weighted by molar-refractivity contribution is 0.0695. The minimum atomic E-state index is -0.950. The molecule has 0 saturated heterocycles. The molecule has 0 bridgehead atoms. The predicted molar refractivity (Wildman–Crippen MR) is 154 cm³/mol. The number of hydrogen-bond donors (Lipinski definition) is 1. The topological polar surface area (TPSA) is 101 Å². The predicted octanol–water partition coefficient (Wildman–Crippen LogP) is 6.01. The summed E-state index contributed by atoms with van der Waals surface area (Å²) >= 11 is 0. The molecule has 2 unspecified atom stereocenters. The summed E-state index contributed by atoms with van der Waals surface area (Å²) in [5.74, 6) is -0.362. The van der Waals surface area contributed by atoms with Gasteiger partial charge in [0, 0.05) is 42.9 Å². The molecule has 0 radical (unpaired) electrons. The fraction of sp³-hybridized carbons (Fsp3) is 0.516. The second-order valence-electron chi connectivity index (χ2n) is 12.5. The van der Waals surface area contributed by atoms with E-state index in [-0.39, 0.29) is 22.8 Å². The summed E-state index contributed by atoms with van der Waals surface area (Å²) in [6.07, 6.45) is 10.9. The van der Waals surface area contributed by atoms with Gasteiger partial charge < -0.3 is 5.11 Å². The molecule has 4 atom stereocenters. The Balaban J connectivity index is 1.28. The zero-order valence-electron chi connectivity index (χ0n) is 23.9. The maximum Gasteiger partial charge on any atom is 0.339 e. The number of carboxylic acid groups (broad SMARTS) is 1. The second-order valence-corrected chi connectivity index (χ2v) is 12.5. The fourth-order valence-corrected chi connectivity index (χ4v) is 7.23. The van der Waals surface area contributed by atoms with Crippen LogP contribution in [0.1, 0.15) is 111 Å². The number of aromatic nitrogens is 5. The summed E-state index contributed by atoms with van der Waals surface area (Å²) in [7, 11) is 1.85. The molecule has 9 nitrogen and oxygen atoms in total. The lowest BCUT2D eigenvalue weighted by Crippen LogP contribution is -2.37. The molecule has 0 amide bonds. The summed E-state index contributed by atoms with van der Waals surface area (Å²) in [4.78, 5) is 12.2. The minimum absolute atomic E-state index is 0.0477. The van der Waals surface area contributed by atoms with Crippen molar-refractivity contribution in [1.29, 1.82) is 0 Å². The quantitative estimate of drug-likeness (QED) is 0.277. The molecule has 0 spiro atoms. The van der Waals surface area contributed by atoms with Crippen LogP contribution in [0.2, 0.25) is 0 Å². The van der Waals surface area contributed by atoms with Crippen molar-refractivity contribution in [2.45, 2.75) is 89.5 Å². The highest BCUT2D eigenvalue weighted by atomic mass is 16.4. The second kappa shape index (κ2) is 10.0. The van der Waals surface area contributed by atoms with E-state index in [1.54, 1.807) is 4.68 Å². The molecule has 2 saturated carbocycles. The third kappa shape index (κ3) is 4.65. The third-order valence-corrected chi connectivity index (χ3v) is 9.31. The summed E-state index contributed by atoms with van der Waals surface area (Å²) in [5.41, 5.74) is 6.97. The van der Waals surface area contributed by atoms with Crippen LogP contribution in [0.5, 0.6) is 0 Å². The van der Waals surface area contributed by atoms with E-state index in [1.165, 1.54) is 23.0 Å². The number of aryl methyl sites for hydroxylation is 1. The molecule has 6 rings (SSSR count). The highest BCUT2D eigenvalue weighted by Gasteiger charge is 2.46. The Bertz CT molecular complexity index is 1480. The van der Waals surface area contributed by atoms with E-state index in [1.807, 2.05) is 24.0 Å². The van der Waals surface area contributed by atoms with E-state index in [4.69, 9.17) is 0 Å². The number of carboxylic acids is 1. The number of carbonyl (C=O) groups is 1. The van der Waals surface area contributed by atoms with E-state index in [2.05, 4.69) is 71.2 Å². The molecule has 9 heteroatoms. The summed E-state index contributed by atoms with van der Waals surface area (Å²) < 4.78 is 3.52. The Kier molecular flexibility index (Phi) is 6.63. The van der Waals surface area contributed by atoms with Gasteiger partial charge in [0.05, 0.1) is 29.3 Å². The van der Waals surface area contributed by atoms with Gasteiger partial charge in [-0.3, -0.25) is 9.69 Å². The molecule has 2 heterocycles. The molecule has 1 N–H and O–H groups in total. The zero-order valence-corrected chi connectivity index (χ0v) is 23.9. The zero-order chi connectivity index (χ0) is 28.2. The normalized spacial score (nSPS) is 25.7. The van der Waals surface area contributed by atoms with Crippen LogP contribution in [-0.4, -0.2) is 53.6 Å². The molecular weight excluding hydrogens is 502 g/mol. The maximum absolute atomic E-state index is 12.2. The Morgan fingerprint density at radius 3 is 2.73 bits per heavy atom. The van der Waals surface area contributed by atoms with Crippen molar-refractivity contribution in [2.75, 3.05) is 0 Å². The molecule has 3 aromatic rings. The van der Waals surface area contributed by atoms with Gasteiger partial charge in [0.1, 0.15) is 5.56 Å². The van der Waals surface area contributed by atoms with Gasteiger partial charge in [-0.1, -0.05) is 43.2 Å². The van der Waals surface area contributed by atoms with Gasteiger partial charge in [-0.2, -0.15) is 10.2 Å². The number of rotatable bonds is 8. The smallest absolute Gasteiger partial charge is 0.339 e. The van der Waals surface area contributed by atoms with Crippen LogP contribution in [0.25, 0.3) is 5.69 Å². The van der Waals surface area contributed by atoms with Gasteiger partial charge in [0.2, 0.25) is 0 Å². The number of nitrogens with zero attached hydrogens (tertiary/aromatic N) is 7. The third-order valence-electron chi connectivity index (χ3n) is 9.31. The van der Waals surface area contributed by atoms with E-state index in [9.17, 15) is 9.90 Å². The first-order chi connectivity index (χ1) is 19.2. The molecule has 2 fully saturated rings. The summed E-state index contributed by atoms with van der Waals surface area (Å²) in [6, 6.07) is 8.82. The van der Waals surface area contributed by atoms with Crippen molar-refractivity contribution in [1.82, 2.24) is 29.8 Å². The molecule has 1 aromatic carbocycles. The minimum Gasteiger partial charge on any atom is -0.478 e. The molecule has 2 aromatic heterocycles. The highest BCUT2D eigenvalue weighted by molar-refractivity contribution is 5.89. The summed E-state index contributed by atoms with van der Waals surface area (Å²) in [6.45, 7) is 10.9. The maximum atomic E-state index is 12.2. The monoisotopic (exact) mass is 541 g/mol. The standard InChI is InChI=1S/C31H39N7O2/c1-19-12-13-31(2,3)29(19)38(32-4)23-11-7-9-21(15-23)20-8-6-10-22(14-20)37-28(26(17-33-37)30(39)40)25-16-24(25)27-18-36(5)35-34-27/h6,8,10,14,17-18,21,23-25H,4,7,9,11-13,15-16H2,1-3,5H3,(H,39,40)/t21-,23-,24?,25?/m0/s1. The van der Waals surface area contributed by atoms with Gasteiger partial charge in [-0.05, 0) is 69.1 Å². The lowest BCUT2D eigenvalue weighted by atomic mass is 9.80. The van der Waals surface area contributed by atoms with Gasteiger partial charge in [0.25, 0.3) is 0 Å². The van der Waals surface area contributed by atoms with Crippen LogP contribution in [0, 0.1) is 5.41 Å². The van der Waals surface area contributed by atoms with Crippen molar-refractivity contribution in [3.05, 3.63) is 70.4 Å². The number of allylic oxidation sites excluding steroid dienone is 2. The van der Waals surface area contributed by atoms with Crippen molar-refractivity contribution in [2.24, 2.45) is 17.6 Å². The van der Waals surface area contributed by atoms with E-state index in [0.29, 0.717) is 12.0 Å². The number of hydrogen-bond acceptors (Lipinski definition) is 6. The van der Waals surface area contributed by atoms with E-state index >= 15 is 0 Å². The number of hydrazone groups is 1. The summed E-state index contributed by atoms with van der Waals surface area (Å²) in [5, 5.41) is 29.7. The molecule has 3 aliphatic rings. The average molecular weight is 542 g/mol. The van der Waals surface area contributed by atoms with Crippen molar-refractivity contribution in [3.8, 4) is 5.69 Å². The van der Waals surface area contributed by atoms with Crippen LogP contribution in [0.4, 0.5) is 0 Å². The molecule has 0 aliphatic heterocycles. The van der Waals surface area contributed by atoms with E-state index < -0.39 is 5.97 Å². The van der Waals surface area contributed by atoms with Crippen LogP contribution in [0.3, 0.4) is 0 Å².